The highest BCUT2D eigenvalue weighted by Gasteiger charge is 2.17. The largest absolute Gasteiger partial charge is 0.348 e. The van der Waals surface area contributed by atoms with E-state index in [9.17, 15) is 13.2 Å². The number of fused-ring (bicyclic) bond motifs is 1. The van der Waals surface area contributed by atoms with E-state index in [-0.39, 0.29) is 15.7 Å². The van der Waals surface area contributed by atoms with Crippen molar-refractivity contribution in [2.45, 2.75) is 29.7 Å². The van der Waals surface area contributed by atoms with E-state index in [1.807, 2.05) is 13.0 Å². The molecule has 152 valence electrons. The second-order valence-electron chi connectivity index (χ2n) is 6.94. The van der Waals surface area contributed by atoms with Gasteiger partial charge < -0.3 is 9.72 Å². The lowest BCUT2D eigenvalue weighted by atomic mass is 10.2. The smallest absolute Gasteiger partial charge is 0.253 e. The maximum absolute atomic E-state index is 12.9. The minimum Gasteiger partial charge on any atom is -0.348 e. The molecule has 0 aliphatic carbocycles. The summed E-state index contributed by atoms with van der Waals surface area (Å²) in [4.78, 5) is 17.1. The first-order valence-electron chi connectivity index (χ1n) is 9.61. The van der Waals surface area contributed by atoms with Gasteiger partial charge >= 0.3 is 0 Å². The molecule has 0 spiro atoms. The molecule has 30 heavy (non-hydrogen) atoms. The molecule has 4 rings (SSSR count). The number of carbonyl (C=O) groups excluding carboxylic acids is 1. The number of hydrogen-bond acceptors (Lipinski definition) is 4. The van der Waals surface area contributed by atoms with Crippen molar-refractivity contribution in [3.05, 3.63) is 95.9 Å². The molecule has 0 atom stereocenters. The first-order valence-corrected chi connectivity index (χ1v) is 11.1. The topological polar surface area (TPSA) is 80.5 Å². The van der Waals surface area contributed by atoms with E-state index in [1.54, 1.807) is 77.6 Å². The summed E-state index contributed by atoms with van der Waals surface area (Å²) < 4.78 is 27.5. The molecule has 4 aromatic rings. The summed E-state index contributed by atoms with van der Waals surface area (Å²) in [5.74, 6) is -0.210. The number of benzene rings is 2. The van der Waals surface area contributed by atoms with Gasteiger partial charge in [-0.2, -0.15) is 0 Å². The summed E-state index contributed by atoms with van der Waals surface area (Å²) >= 11 is 0. The molecule has 0 fully saturated rings. The van der Waals surface area contributed by atoms with Crippen LogP contribution in [0.5, 0.6) is 0 Å². The molecule has 0 saturated heterocycles. The lowest BCUT2D eigenvalue weighted by Gasteiger charge is -2.09. The van der Waals surface area contributed by atoms with Crippen LogP contribution in [0.1, 0.15) is 28.4 Å². The maximum Gasteiger partial charge on any atom is 0.253 e. The Morgan fingerprint density at radius 1 is 1.00 bits per heavy atom. The second kappa shape index (κ2) is 8.12. The molecule has 0 bridgehead atoms. The van der Waals surface area contributed by atoms with Gasteiger partial charge in [0, 0.05) is 25.1 Å². The van der Waals surface area contributed by atoms with Gasteiger partial charge in [0.1, 0.15) is 5.65 Å². The zero-order valence-corrected chi connectivity index (χ0v) is 17.3. The normalized spacial score (nSPS) is 11.5. The minimum atomic E-state index is -3.57. The van der Waals surface area contributed by atoms with Crippen molar-refractivity contribution < 1.29 is 13.2 Å². The summed E-state index contributed by atoms with van der Waals surface area (Å²) in [6.45, 7) is 2.29. The van der Waals surface area contributed by atoms with Crippen LogP contribution in [0.25, 0.3) is 5.65 Å². The number of pyridine rings is 1. The average molecular weight is 420 g/mol. The van der Waals surface area contributed by atoms with Gasteiger partial charge in [-0.3, -0.25) is 4.79 Å². The molecule has 2 aromatic carbocycles. The molecule has 0 aliphatic rings. The van der Waals surface area contributed by atoms with Crippen LogP contribution >= 0.6 is 0 Å². The second-order valence-corrected chi connectivity index (χ2v) is 8.89. The number of imidazole rings is 1. The predicted octanol–water partition coefficient (Wildman–Crippen LogP) is 3.66. The highest BCUT2D eigenvalue weighted by molar-refractivity contribution is 7.91. The number of carbonyl (C=O) groups is 1. The molecular weight excluding hydrogens is 398 g/mol. The van der Waals surface area contributed by atoms with Gasteiger partial charge in [-0.1, -0.05) is 31.2 Å². The fraction of sp³-hybridized carbons (Fsp3) is 0.130. The van der Waals surface area contributed by atoms with Crippen LogP contribution in [0.4, 0.5) is 0 Å². The SMILES string of the molecule is CCc1cccc(S(=O)(=O)c2ccc(CNC(=O)c3ccc4nccn4c3)cc2)c1. The van der Waals surface area contributed by atoms with Crippen molar-refractivity contribution in [3.8, 4) is 0 Å². The molecule has 0 aliphatic heterocycles. The Labute approximate surface area is 175 Å². The molecule has 1 N–H and O–H groups in total. The van der Waals surface area contributed by atoms with Crippen LogP contribution in [0, 0.1) is 0 Å². The number of amides is 1. The van der Waals surface area contributed by atoms with E-state index >= 15 is 0 Å². The van der Waals surface area contributed by atoms with Crippen LogP contribution in [-0.2, 0) is 22.8 Å². The Morgan fingerprint density at radius 2 is 1.80 bits per heavy atom. The third kappa shape index (κ3) is 3.97. The van der Waals surface area contributed by atoms with Crippen molar-refractivity contribution in [2.24, 2.45) is 0 Å². The summed E-state index contributed by atoms with van der Waals surface area (Å²) in [6.07, 6.45) is 5.94. The van der Waals surface area contributed by atoms with Gasteiger partial charge in [-0.25, -0.2) is 13.4 Å². The van der Waals surface area contributed by atoms with Crippen molar-refractivity contribution in [1.82, 2.24) is 14.7 Å². The fourth-order valence-electron chi connectivity index (χ4n) is 3.19. The Bertz CT molecular complexity index is 1310. The monoisotopic (exact) mass is 419 g/mol. The van der Waals surface area contributed by atoms with Crippen molar-refractivity contribution in [2.75, 3.05) is 0 Å². The van der Waals surface area contributed by atoms with E-state index in [1.165, 1.54) is 0 Å². The Kier molecular flexibility index (Phi) is 5.37. The van der Waals surface area contributed by atoms with E-state index in [0.717, 1.165) is 23.2 Å². The maximum atomic E-state index is 12.9. The zero-order chi connectivity index (χ0) is 21.1. The predicted molar refractivity (Wildman–Crippen MR) is 114 cm³/mol. The van der Waals surface area contributed by atoms with Gasteiger partial charge in [0.25, 0.3) is 5.91 Å². The van der Waals surface area contributed by atoms with Crippen LogP contribution in [-0.4, -0.2) is 23.7 Å². The molecule has 0 unspecified atom stereocenters. The summed E-state index contributed by atoms with van der Waals surface area (Å²) in [7, 11) is -3.57. The lowest BCUT2D eigenvalue weighted by molar-refractivity contribution is 0.0950. The van der Waals surface area contributed by atoms with Gasteiger partial charge in [0.15, 0.2) is 0 Å². The number of nitrogens with one attached hydrogen (secondary N) is 1. The van der Waals surface area contributed by atoms with Crippen LogP contribution in [0.2, 0.25) is 0 Å². The molecule has 2 aromatic heterocycles. The average Bonchev–Trinajstić information content (AvgIpc) is 3.25. The number of hydrogen-bond donors (Lipinski definition) is 1. The third-order valence-corrected chi connectivity index (χ3v) is 6.72. The lowest BCUT2D eigenvalue weighted by Crippen LogP contribution is -2.23. The van der Waals surface area contributed by atoms with E-state index in [2.05, 4.69) is 10.3 Å². The highest BCUT2D eigenvalue weighted by atomic mass is 32.2. The zero-order valence-electron chi connectivity index (χ0n) is 16.4. The molecule has 0 saturated carbocycles. The number of rotatable bonds is 6. The highest BCUT2D eigenvalue weighted by Crippen LogP contribution is 2.22. The summed E-state index contributed by atoms with van der Waals surface area (Å²) in [6, 6.07) is 17.1. The van der Waals surface area contributed by atoms with Crippen molar-refractivity contribution in [1.29, 1.82) is 0 Å². The van der Waals surface area contributed by atoms with Gasteiger partial charge in [0.2, 0.25) is 9.84 Å². The number of sulfone groups is 1. The van der Waals surface area contributed by atoms with Crippen molar-refractivity contribution in [3.63, 3.8) is 0 Å². The van der Waals surface area contributed by atoms with E-state index in [4.69, 9.17) is 0 Å². The van der Waals surface area contributed by atoms with E-state index in [0.29, 0.717) is 12.1 Å². The summed E-state index contributed by atoms with van der Waals surface area (Å²) in [5.41, 5.74) is 3.08. The Hall–Kier alpha value is -3.45. The quantitative estimate of drug-likeness (QED) is 0.517. The van der Waals surface area contributed by atoms with Crippen LogP contribution < -0.4 is 5.32 Å². The molecule has 7 heteroatoms. The molecule has 1 amide bonds. The standard InChI is InChI=1S/C23H21N3O3S/c1-2-17-4-3-5-21(14-17)30(28,29)20-9-6-18(7-10-20)15-25-23(27)19-8-11-22-24-12-13-26(22)16-19/h3-14,16H,2,15H2,1H3,(H,25,27). The van der Waals surface area contributed by atoms with Gasteiger partial charge in [-0.05, 0) is 53.9 Å². The first-order chi connectivity index (χ1) is 14.5. The Balaban J connectivity index is 1.46. The van der Waals surface area contributed by atoms with Crippen molar-refractivity contribution >= 4 is 21.4 Å². The van der Waals surface area contributed by atoms with Gasteiger partial charge in [0.05, 0.1) is 15.4 Å². The molecular formula is C23H21N3O3S. The van der Waals surface area contributed by atoms with Gasteiger partial charge in [-0.15, -0.1) is 0 Å². The minimum absolute atomic E-state index is 0.210. The first kappa shape index (κ1) is 19.8. The third-order valence-electron chi connectivity index (χ3n) is 4.95. The summed E-state index contributed by atoms with van der Waals surface area (Å²) in [5, 5.41) is 2.85. The van der Waals surface area contributed by atoms with Crippen LogP contribution in [0.15, 0.2) is 89.0 Å². The molecule has 2 heterocycles. The van der Waals surface area contributed by atoms with E-state index < -0.39 is 9.84 Å². The Morgan fingerprint density at radius 3 is 2.57 bits per heavy atom. The number of nitrogens with zero attached hydrogens (tertiary/aromatic N) is 2. The molecule has 0 radical (unpaired) electrons. The number of aromatic nitrogens is 2. The number of aryl methyl sites for hydroxylation is 1. The fourth-order valence-corrected chi connectivity index (χ4v) is 4.52. The van der Waals surface area contributed by atoms with Crippen LogP contribution in [0.3, 0.4) is 0 Å². The molecule has 6 nitrogen and oxygen atoms in total.